The lowest BCUT2D eigenvalue weighted by Crippen LogP contribution is -2.11. The van der Waals surface area contributed by atoms with Crippen molar-refractivity contribution in [1.82, 2.24) is 0 Å². The van der Waals surface area contributed by atoms with Gasteiger partial charge in [0.25, 0.3) is 0 Å². The van der Waals surface area contributed by atoms with Gasteiger partial charge in [0.15, 0.2) is 0 Å². The van der Waals surface area contributed by atoms with E-state index in [0.717, 1.165) is 52.1 Å². The Morgan fingerprint density at radius 1 is 1.57 bits per heavy atom. The largest absolute Gasteiger partial charge is 0.393 e. The lowest BCUT2D eigenvalue weighted by Gasteiger charge is -2.10. The van der Waals surface area contributed by atoms with E-state index in [2.05, 4.69) is 0 Å². The molecule has 84 valence electrons. The van der Waals surface area contributed by atoms with Crippen molar-refractivity contribution in [1.29, 1.82) is 0 Å². The highest BCUT2D eigenvalue weighted by Gasteiger charge is 2.15. The summed E-state index contributed by atoms with van der Waals surface area (Å²) in [4.78, 5) is 0. The lowest BCUT2D eigenvalue weighted by atomic mass is 10.1. The summed E-state index contributed by atoms with van der Waals surface area (Å²) >= 11 is 0. The summed E-state index contributed by atoms with van der Waals surface area (Å²) in [5.74, 6) is 0.603. The molecule has 1 heterocycles. The second kappa shape index (κ2) is 7.21. The fraction of sp³-hybridized carbons (Fsp3) is 1.00. The third kappa shape index (κ3) is 4.94. The Labute approximate surface area is 86.4 Å². The highest BCUT2D eigenvalue weighted by molar-refractivity contribution is 4.62. The molecule has 14 heavy (non-hydrogen) atoms. The zero-order chi connectivity index (χ0) is 10.2. The minimum absolute atomic E-state index is 0.145. The van der Waals surface area contributed by atoms with Gasteiger partial charge >= 0.3 is 0 Å². The predicted molar refractivity (Wildman–Crippen MR) is 55.3 cm³/mol. The van der Waals surface area contributed by atoms with Crippen LogP contribution in [0, 0.1) is 5.92 Å². The maximum Gasteiger partial charge on any atom is 0.0538 e. The standard InChI is InChI=1S/C11H22O3/c1-2-11(12)4-3-6-13-8-10-5-7-14-9-10/h10-12H,2-9H2,1H3. The average Bonchev–Trinajstić information content (AvgIpc) is 2.69. The van der Waals surface area contributed by atoms with Crippen molar-refractivity contribution in [3.63, 3.8) is 0 Å². The van der Waals surface area contributed by atoms with Gasteiger partial charge in [0.05, 0.1) is 19.3 Å². The van der Waals surface area contributed by atoms with Crippen molar-refractivity contribution in [3.05, 3.63) is 0 Å². The molecule has 0 spiro atoms. The molecule has 0 amide bonds. The van der Waals surface area contributed by atoms with Crippen molar-refractivity contribution >= 4 is 0 Å². The molecule has 0 bridgehead atoms. The van der Waals surface area contributed by atoms with Gasteiger partial charge in [0.1, 0.15) is 0 Å². The summed E-state index contributed by atoms with van der Waals surface area (Å²) in [6.07, 6.45) is 3.65. The van der Waals surface area contributed by atoms with Crippen LogP contribution >= 0.6 is 0 Å². The van der Waals surface area contributed by atoms with Gasteiger partial charge in [-0.1, -0.05) is 6.92 Å². The first kappa shape index (κ1) is 12.0. The van der Waals surface area contributed by atoms with Crippen molar-refractivity contribution in [2.75, 3.05) is 26.4 Å². The Balaban J connectivity index is 1.84. The Morgan fingerprint density at radius 3 is 3.07 bits per heavy atom. The van der Waals surface area contributed by atoms with Crippen molar-refractivity contribution in [3.8, 4) is 0 Å². The van der Waals surface area contributed by atoms with Gasteiger partial charge in [-0.25, -0.2) is 0 Å². The molecule has 2 unspecified atom stereocenters. The van der Waals surface area contributed by atoms with Crippen LogP contribution in [0.1, 0.15) is 32.6 Å². The molecule has 0 radical (unpaired) electrons. The molecule has 1 rings (SSSR count). The highest BCUT2D eigenvalue weighted by Crippen LogP contribution is 2.12. The van der Waals surface area contributed by atoms with E-state index in [9.17, 15) is 5.11 Å². The minimum Gasteiger partial charge on any atom is -0.393 e. The topological polar surface area (TPSA) is 38.7 Å². The smallest absolute Gasteiger partial charge is 0.0538 e. The molecule has 1 aliphatic rings. The maximum absolute atomic E-state index is 9.29. The van der Waals surface area contributed by atoms with Gasteiger partial charge in [0, 0.05) is 19.1 Å². The van der Waals surface area contributed by atoms with Crippen LogP contribution in [0.3, 0.4) is 0 Å². The van der Waals surface area contributed by atoms with E-state index in [0.29, 0.717) is 5.92 Å². The number of hydrogen-bond acceptors (Lipinski definition) is 3. The van der Waals surface area contributed by atoms with E-state index < -0.39 is 0 Å². The summed E-state index contributed by atoms with van der Waals surface area (Å²) in [7, 11) is 0. The van der Waals surface area contributed by atoms with Gasteiger partial charge in [-0.2, -0.15) is 0 Å². The predicted octanol–water partition coefficient (Wildman–Crippen LogP) is 1.59. The molecule has 1 saturated heterocycles. The molecule has 1 N–H and O–H groups in total. The highest BCUT2D eigenvalue weighted by atomic mass is 16.5. The number of rotatable bonds is 7. The normalized spacial score (nSPS) is 24.0. The Morgan fingerprint density at radius 2 is 2.43 bits per heavy atom. The Bertz CT molecular complexity index is 132. The number of hydrogen-bond donors (Lipinski definition) is 1. The molecule has 1 aliphatic heterocycles. The molecular formula is C11H22O3. The van der Waals surface area contributed by atoms with Gasteiger partial charge in [-0.3, -0.25) is 0 Å². The fourth-order valence-corrected chi connectivity index (χ4v) is 1.59. The van der Waals surface area contributed by atoms with Crippen LogP contribution in [0.4, 0.5) is 0 Å². The van der Waals surface area contributed by atoms with E-state index in [1.807, 2.05) is 6.92 Å². The maximum atomic E-state index is 9.29. The summed E-state index contributed by atoms with van der Waals surface area (Å²) < 4.78 is 10.8. The second-order valence-electron chi connectivity index (χ2n) is 4.01. The van der Waals surface area contributed by atoms with Crippen molar-refractivity contribution < 1.29 is 14.6 Å². The van der Waals surface area contributed by atoms with Gasteiger partial charge in [-0.05, 0) is 25.7 Å². The molecular weight excluding hydrogens is 180 g/mol. The average molecular weight is 202 g/mol. The van der Waals surface area contributed by atoms with Gasteiger partial charge < -0.3 is 14.6 Å². The van der Waals surface area contributed by atoms with Crippen molar-refractivity contribution in [2.45, 2.75) is 38.7 Å². The van der Waals surface area contributed by atoms with Crippen LogP contribution in [0.15, 0.2) is 0 Å². The zero-order valence-corrected chi connectivity index (χ0v) is 9.08. The van der Waals surface area contributed by atoms with E-state index in [1.54, 1.807) is 0 Å². The molecule has 0 aromatic rings. The first-order valence-corrected chi connectivity index (χ1v) is 5.66. The molecule has 0 aromatic heterocycles. The quantitative estimate of drug-likeness (QED) is 0.637. The first-order valence-electron chi connectivity index (χ1n) is 5.66. The lowest BCUT2D eigenvalue weighted by molar-refractivity contribution is 0.0761. The van der Waals surface area contributed by atoms with Crippen molar-refractivity contribution in [2.24, 2.45) is 5.92 Å². The molecule has 3 heteroatoms. The second-order valence-corrected chi connectivity index (χ2v) is 4.01. The molecule has 0 aromatic carbocycles. The summed E-state index contributed by atoms with van der Waals surface area (Å²) in [5, 5.41) is 9.29. The SMILES string of the molecule is CCC(O)CCCOCC1CCOC1. The van der Waals surface area contributed by atoms with Crippen LogP contribution < -0.4 is 0 Å². The van der Waals surface area contributed by atoms with Gasteiger partial charge in [-0.15, -0.1) is 0 Å². The molecule has 3 nitrogen and oxygen atoms in total. The minimum atomic E-state index is -0.145. The van der Waals surface area contributed by atoms with E-state index >= 15 is 0 Å². The van der Waals surface area contributed by atoms with Crippen LogP contribution in [0.2, 0.25) is 0 Å². The number of aliphatic hydroxyl groups is 1. The third-order valence-corrected chi connectivity index (χ3v) is 2.67. The molecule has 2 atom stereocenters. The van der Waals surface area contributed by atoms with Gasteiger partial charge in [0.2, 0.25) is 0 Å². The fourth-order valence-electron chi connectivity index (χ4n) is 1.59. The first-order chi connectivity index (χ1) is 6.83. The monoisotopic (exact) mass is 202 g/mol. The van der Waals surface area contributed by atoms with E-state index in [4.69, 9.17) is 9.47 Å². The molecule has 1 fully saturated rings. The summed E-state index contributed by atoms with van der Waals surface area (Å²) in [6.45, 7) is 5.34. The van der Waals surface area contributed by atoms with Crippen LogP contribution in [-0.2, 0) is 9.47 Å². The van der Waals surface area contributed by atoms with Crippen LogP contribution in [0.25, 0.3) is 0 Å². The van der Waals surface area contributed by atoms with Crippen LogP contribution in [0.5, 0.6) is 0 Å². The Kier molecular flexibility index (Phi) is 6.15. The summed E-state index contributed by atoms with van der Waals surface area (Å²) in [6, 6.07) is 0. The van der Waals surface area contributed by atoms with E-state index in [1.165, 1.54) is 0 Å². The third-order valence-electron chi connectivity index (χ3n) is 2.67. The number of ether oxygens (including phenoxy) is 2. The summed E-state index contributed by atoms with van der Waals surface area (Å²) in [5.41, 5.74) is 0. The molecule has 0 saturated carbocycles. The van der Waals surface area contributed by atoms with E-state index in [-0.39, 0.29) is 6.10 Å². The zero-order valence-electron chi connectivity index (χ0n) is 9.08. The number of aliphatic hydroxyl groups excluding tert-OH is 1. The van der Waals surface area contributed by atoms with Crippen LogP contribution in [-0.4, -0.2) is 37.6 Å². The Hall–Kier alpha value is -0.120. The molecule has 0 aliphatic carbocycles.